The van der Waals surface area contributed by atoms with Crippen LogP contribution in [0.3, 0.4) is 0 Å². The van der Waals surface area contributed by atoms with Gasteiger partial charge in [-0.05, 0) is 19.3 Å². The number of hydrogen-bond acceptors (Lipinski definition) is 1. The summed E-state index contributed by atoms with van der Waals surface area (Å²) in [4.78, 5) is 0. The van der Waals surface area contributed by atoms with E-state index in [0.717, 1.165) is 12.3 Å². The van der Waals surface area contributed by atoms with Crippen molar-refractivity contribution in [1.29, 1.82) is 0 Å². The van der Waals surface area contributed by atoms with Crippen LogP contribution in [0.25, 0.3) is 0 Å². The standard InChI is InChI=1S/C10H22O/c1-4-6-7-10(5-2)8-9(3)11/h9-11H,4-8H2,1-3H3/t9-,10+/m0/s1. The molecule has 1 heteroatoms. The van der Waals surface area contributed by atoms with E-state index in [1.165, 1.54) is 25.7 Å². The van der Waals surface area contributed by atoms with Crippen LogP contribution in [-0.4, -0.2) is 11.2 Å². The summed E-state index contributed by atoms with van der Waals surface area (Å²) in [6, 6.07) is 0. The first-order valence-corrected chi connectivity index (χ1v) is 4.88. The van der Waals surface area contributed by atoms with Crippen molar-refractivity contribution in [2.75, 3.05) is 0 Å². The van der Waals surface area contributed by atoms with Gasteiger partial charge in [-0.25, -0.2) is 0 Å². The Labute approximate surface area is 70.8 Å². The zero-order valence-electron chi connectivity index (χ0n) is 8.14. The number of unbranched alkanes of at least 4 members (excludes halogenated alkanes) is 1. The minimum atomic E-state index is -0.114. The largest absolute Gasteiger partial charge is 0.393 e. The molecule has 0 bridgehead atoms. The summed E-state index contributed by atoms with van der Waals surface area (Å²) in [6.07, 6.45) is 5.96. The van der Waals surface area contributed by atoms with E-state index in [2.05, 4.69) is 13.8 Å². The molecule has 0 aliphatic rings. The molecule has 0 amide bonds. The van der Waals surface area contributed by atoms with Gasteiger partial charge in [0.25, 0.3) is 0 Å². The first-order valence-electron chi connectivity index (χ1n) is 4.88. The first kappa shape index (κ1) is 11.0. The molecule has 0 aromatic carbocycles. The smallest absolute Gasteiger partial charge is 0.0514 e. The Morgan fingerprint density at radius 3 is 2.27 bits per heavy atom. The second-order valence-corrected chi connectivity index (χ2v) is 3.50. The predicted molar refractivity (Wildman–Crippen MR) is 49.6 cm³/mol. The zero-order valence-corrected chi connectivity index (χ0v) is 8.14. The molecule has 0 aromatic heterocycles. The lowest BCUT2D eigenvalue weighted by molar-refractivity contribution is 0.155. The van der Waals surface area contributed by atoms with Gasteiger partial charge >= 0.3 is 0 Å². The van der Waals surface area contributed by atoms with Crippen LogP contribution in [0.4, 0.5) is 0 Å². The van der Waals surface area contributed by atoms with Gasteiger partial charge in [0.15, 0.2) is 0 Å². The lowest BCUT2D eigenvalue weighted by Gasteiger charge is -2.15. The van der Waals surface area contributed by atoms with Crippen LogP contribution < -0.4 is 0 Å². The van der Waals surface area contributed by atoms with Gasteiger partial charge in [0.1, 0.15) is 0 Å². The third kappa shape index (κ3) is 6.36. The fourth-order valence-corrected chi connectivity index (χ4v) is 1.46. The van der Waals surface area contributed by atoms with E-state index in [-0.39, 0.29) is 6.10 Å². The molecule has 0 saturated carbocycles. The molecule has 0 unspecified atom stereocenters. The first-order chi connectivity index (χ1) is 5.20. The number of rotatable bonds is 6. The van der Waals surface area contributed by atoms with Gasteiger partial charge in [-0.3, -0.25) is 0 Å². The Balaban J connectivity index is 3.41. The molecule has 11 heavy (non-hydrogen) atoms. The van der Waals surface area contributed by atoms with E-state index >= 15 is 0 Å². The van der Waals surface area contributed by atoms with Crippen molar-refractivity contribution in [3.05, 3.63) is 0 Å². The Morgan fingerprint density at radius 2 is 1.91 bits per heavy atom. The van der Waals surface area contributed by atoms with Crippen LogP contribution in [0.1, 0.15) is 52.9 Å². The van der Waals surface area contributed by atoms with Crippen molar-refractivity contribution in [3.8, 4) is 0 Å². The number of aliphatic hydroxyl groups excluding tert-OH is 1. The van der Waals surface area contributed by atoms with Crippen molar-refractivity contribution in [2.24, 2.45) is 5.92 Å². The highest BCUT2D eigenvalue weighted by molar-refractivity contribution is 4.60. The van der Waals surface area contributed by atoms with Crippen LogP contribution in [0.15, 0.2) is 0 Å². The maximum absolute atomic E-state index is 9.15. The van der Waals surface area contributed by atoms with Crippen LogP contribution >= 0.6 is 0 Å². The molecule has 0 spiro atoms. The van der Waals surface area contributed by atoms with Gasteiger partial charge in [-0.15, -0.1) is 0 Å². The summed E-state index contributed by atoms with van der Waals surface area (Å²) in [5.41, 5.74) is 0. The summed E-state index contributed by atoms with van der Waals surface area (Å²) in [7, 11) is 0. The lowest BCUT2D eigenvalue weighted by atomic mass is 9.94. The summed E-state index contributed by atoms with van der Waals surface area (Å²) in [5, 5.41) is 9.15. The summed E-state index contributed by atoms with van der Waals surface area (Å²) >= 11 is 0. The highest BCUT2D eigenvalue weighted by Crippen LogP contribution is 2.17. The monoisotopic (exact) mass is 158 g/mol. The molecule has 0 rings (SSSR count). The third-order valence-corrected chi connectivity index (χ3v) is 2.22. The molecular formula is C10H22O. The van der Waals surface area contributed by atoms with Crippen LogP contribution in [0.2, 0.25) is 0 Å². The fraction of sp³-hybridized carbons (Fsp3) is 1.00. The van der Waals surface area contributed by atoms with Gasteiger partial charge in [0.2, 0.25) is 0 Å². The van der Waals surface area contributed by atoms with Crippen molar-refractivity contribution in [2.45, 2.75) is 59.0 Å². The van der Waals surface area contributed by atoms with Crippen molar-refractivity contribution < 1.29 is 5.11 Å². The quantitative estimate of drug-likeness (QED) is 0.630. The SMILES string of the molecule is CCCC[C@@H](CC)C[C@H](C)O. The molecular weight excluding hydrogens is 136 g/mol. The van der Waals surface area contributed by atoms with E-state index in [1.807, 2.05) is 6.92 Å². The fourth-order valence-electron chi connectivity index (χ4n) is 1.46. The molecule has 68 valence electrons. The van der Waals surface area contributed by atoms with Gasteiger partial charge < -0.3 is 5.11 Å². The maximum atomic E-state index is 9.15. The molecule has 1 nitrogen and oxygen atoms in total. The molecule has 0 radical (unpaired) electrons. The van der Waals surface area contributed by atoms with Gasteiger partial charge in [-0.2, -0.15) is 0 Å². The minimum Gasteiger partial charge on any atom is -0.393 e. The van der Waals surface area contributed by atoms with Crippen LogP contribution in [-0.2, 0) is 0 Å². The molecule has 0 aromatic rings. The average molecular weight is 158 g/mol. The third-order valence-electron chi connectivity index (χ3n) is 2.22. The Bertz CT molecular complexity index is 78.9. The van der Waals surface area contributed by atoms with Gasteiger partial charge in [-0.1, -0.05) is 39.5 Å². The topological polar surface area (TPSA) is 20.2 Å². The molecule has 0 heterocycles. The number of aliphatic hydroxyl groups is 1. The summed E-state index contributed by atoms with van der Waals surface area (Å²) in [5.74, 6) is 0.745. The Morgan fingerprint density at radius 1 is 1.27 bits per heavy atom. The molecule has 2 atom stereocenters. The average Bonchev–Trinajstić information content (AvgIpc) is 1.97. The molecule has 0 fully saturated rings. The van der Waals surface area contributed by atoms with Crippen molar-refractivity contribution in [1.82, 2.24) is 0 Å². The van der Waals surface area contributed by atoms with Gasteiger partial charge in [0.05, 0.1) is 6.10 Å². The minimum absolute atomic E-state index is 0.114. The summed E-state index contributed by atoms with van der Waals surface area (Å²) < 4.78 is 0. The molecule has 0 aliphatic heterocycles. The number of hydrogen-bond donors (Lipinski definition) is 1. The Kier molecular flexibility index (Phi) is 6.63. The predicted octanol–water partition coefficient (Wildman–Crippen LogP) is 2.97. The second kappa shape index (κ2) is 6.66. The van der Waals surface area contributed by atoms with E-state index in [0.29, 0.717) is 0 Å². The van der Waals surface area contributed by atoms with Crippen molar-refractivity contribution in [3.63, 3.8) is 0 Å². The normalized spacial score (nSPS) is 16.4. The van der Waals surface area contributed by atoms with Crippen LogP contribution in [0, 0.1) is 5.92 Å². The lowest BCUT2D eigenvalue weighted by Crippen LogP contribution is -2.09. The molecule has 1 N–H and O–H groups in total. The van der Waals surface area contributed by atoms with E-state index in [1.54, 1.807) is 0 Å². The summed E-state index contributed by atoms with van der Waals surface area (Å²) in [6.45, 7) is 6.31. The van der Waals surface area contributed by atoms with E-state index < -0.39 is 0 Å². The van der Waals surface area contributed by atoms with Gasteiger partial charge in [0, 0.05) is 0 Å². The highest BCUT2D eigenvalue weighted by Gasteiger charge is 2.08. The molecule has 0 aliphatic carbocycles. The van der Waals surface area contributed by atoms with Crippen LogP contribution in [0.5, 0.6) is 0 Å². The molecule has 0 saturated heterocycles. The van der Waals surface area contributed by atoms with E-state index in [4.69, 9.17) is 5.11 Å². The second-order valence-electron chi connectivity index (χ2n) is 3.50. The zero-order chi connectivity index (χ0) is 8.69. The van der Waals surface area contributed by atoms with E-state index in [9.17, 15) is 0 Å². The maximum Gasteiger partial charge on any atom is 0.0514 e. The van der Waals surface area contributed by atoms with Crippen molar-refractivity contribution >= 4 is 0 Å². The Hall–Kier alpha value is -0.0400. The highest BCUT2D eigenvalue weighted by atomic mass is 16.3.